The van der Waals surface area contributed by atoms with E-state index in [4.69, 9.17) is 0 Å². The SMILES string of the molecule is COC(=O)c1cn(CC(=O)NC(=O)NCCC(C)C)nn1. The summed E-state index contributed by atoms with van der Waals surface area (Å²) < 4.78 is 5.61. The number of hydrogen-bond acceptors (Lipinski definition) is 6. The first-order valence-electron chi connectivity index (χ1n) is 6.48. The molecule has 0 atom stereocenters. The maximum absolute atomic E-state index is 11.6. The Hall–Kier alpha value is -2.45. The minimum Gasteiger partial charge on any atom is -0.464 e. The number of amides is 3. The smallest absolute Gasteiger partial charge is 0.360 e. The number of aromatic nitrogens is 3. The fourth-order valence-corrected chi connectivity index (χ4v) is 1.41. The molecule has 0 fully saturated rings. The Morgan fingerprint density at radius 2 is 2.10 bits per heavy atom. The van der Waals surface area contributed by atoms with Crippen LogP contribution in [-0.2, 0) is 16.1 Å². The van der Waals surface area contributed by atoms with Gasteiger partial charge in [0, 0.05) is 6.54 Å². The summed E-state index contributed by atoms with van der Waals surface area (Å²) in [7, 11) is 1.22. The quantitative estimate of drug-likeness (QED) is 0.711. The first kappa shape index (κ1) is 16.6. The van der Waals surface area contributed by atoms with E-state index in [0.29, 0.717) is 12.5 Å². The number of rotatable bonds is 6. The lowest BCUT2D eigenvalue weighted by Gasteiger charge is -2.07. The van der Waals surface area contributed by atoms with Gasteiger partial charge in [-0.3, -0.25) is 10.1 Å². The summed E-state index contributed by atoms with van der Waals surface area (Å²) in [6.45, 7) is 4.34. The Morgan fingerprint density at radius 3 is 2.71 bits per heavy atom. The summed E-state index contributed by atoms with van der Waals surface area (Å²) in [5.74, 6) is -0.737. The highest BCUT2D eigenvalue weighted by molar-refractivity contribution is 5.94. The van der Waals surface area contributed by atoms with Crippen LogP contribution in [0.25, 0.3) is 0 Å². The van der Waals surface area contributed by atoms with Crippen molar-refractivity contribution in [1.29, 1.82) is 0 Å². The van der Waals surface area contributed by atoms with Crippen LogP contribution < -0.4 is 10.6 Å². The molecule has 0 aliphatic heterocycles. The molecule has 0 spiro atoms. The van der Waals surface area contributed by atoms with Crippen molar-refractivity contribution in [2.24, 2.45) is 5.92 Å². The number of carbonyl (C=O) groups is 3. The molecule has 3 amide bonds. The molecule has 0 aliphatic carbocycles. The molecule has 1 aromatic heterocycles. The average molecular weight is 297 g/mol. The van der Waals surface area contributed by atoms with Crippen LogP contribution in [-0.4, -0.2) is 46.6 Å². The van der Waals surface area contributed by atoms with Crippen molar-refractivity contribution >= 4 is 17.9 Å². The molecular weight excluding hydrogens is 278 g/mol. The number of urea groups is 1. The van der Waals surface area contributed by atoms with Crippen molar-refractivity contribution in [3.05, 3.63) is 11.9 Å². The number of nitrogens with zero attached hydrogens (tertiary/aromatic N) is 3. The van der Waals surface area contributed by atoms with E-state index in [1.807, 2.05) is 13.8 Å². The van der Waals surface area contributed by atoms with Crippen LogP contribution >= 0.6 is 0 Å². The molecule has 0 bridgehead atoms. The van der Waals surface area contributed by atoms with Crippen LogP contribution in [0.4, 0.5) is 4.79 Å². The topological polar surface area (TPSA) is 115 Å². The highest BCUT2D eigenvalue weighted by Gasteiger charge is 2.13. The summed E-state index contributed by atoms with van der Waals surface area (Å²) in [4.78, 5) is 34.2. The largest absolute Gasteiger partial charge is 0.464 e. The first-order valence-corrected chi connectivity index (χ1v) is 6.48. The molecule has 0 aliphatic rings. The van der Waals surface area contributed by atoms with E-state index in [2.05, 4.69) is 25.7 Å². The van der Waals surface area contributed by atoms with Gasteiger partial charge in [0.05, 0.1) is 13.3 Å². The van der Waals surface area contributed by atoms with Gasteiger partial charge in [-0.2, -0.15) is 0 Å². The van der Waals surface area contributed by atoms with Crippen molar-refractivity contribution in [2.45, 2.75) is 26.8 Å². The molecule has 2 N–H and O–H groups in total. The lowest BCUT2D eigenvalue weighted by atomic mass is 10.1. The van der Waals surface area contributed by atoms with E-state index in [1.165, 1.54) is 13.3 Å². The molecule has 0 unspecified atom stereocenters. The second-order valence-electron chi connectivity index (χ2n) is 4.78. The Balaban J connectivity index is 2.38. The van der Waals surface area contributed by atoms with E-state index >= 15 is 0 Å². The van der Waals surface area contributed by atoms with E-state index < -0.39 is 17.9 Å². The summed E-state index contributed by atoms with van der Waals surface area (Å²) in [6.07, 6.45) is 2.09. The fourth-order valence-electron chi connectivity index (χ4n) is 1.41. The second-order valence-corrected chi connectivity index (χ2v) is 4.78. The van der Waals surface area contributed by atoms with Crippen LogP contribution in [0.5, 0.6) is 0 Å². The normalized spacial score (nSPS) is 10.3. The molecule has 0 radical (unpaired) electrons. The third-order valence-corrected chi connectivity index (χ3v) is 2.50. The molecule has 116 valence electrons. The zero-order valence-corrected chi connectivity index (χ0v) is 12.3. The van der Waals surface area contributed by atoms with Crippen LogP contribution in [0.15, 0.2) is 6.20 Å². The molecule has 0 saturated heterocycles. The first-order chi connectivity index (χ1) is 9.92. The minimum absolute atomic E-state index is 0.00770. The second kappa shape index (κ2) is 7.98. The van der Waals surface area contributed by atoms with Gasteiger partial charge in [0.1, 0.15) is 6.54 Å². The molecule has 21 heavy (non-hydrogen) atoms. The highest BCUT2D eigenvalue weighted by atomic mass is 16.5. The van der Waals surface area contributed by atoms with Gasteiger partial charge in [-0.1, -0.05) is 19.1 Å². The summed E-state index contributed by atoms with van der Waals surface area (Å²) in [6, 6.07) is -0.561. The van der Waals surface area contributed by atoms with Crippen molar-refractivity contribution in [3.63, 3.8) is 0 Å². The average Bonchev–Trinajstić information content (AvgIpc) is 2.85. The minimum atomic E-state index is -0.645. The zero-order chi connectivity index (χ0) is 15.8. The monoisotopic (exact) mass is 297 g/mol. The van der Waals surface area contributed by atoms with Crippen molar-refractivity contribution in [1.82, 2.24) is 25.6 Å². The van der Waals surface area contributed by atoms with Crippen LogP contribution in [0, 0.1) is 5.92 Å². The molecule has 0 saturated carbocycles. The van der Waals surface area contributed by atoms with E-state index in [-0.39, 0.29) is 12.2 Å². The Bertz CT molecular complexity index is 512. The zero-order valence-electron chi connectivity index (χ0n) is 12.3. The van der Waals surface area contributed by atoms with Crippen LogP contribution in [0.1, 0.15) is 30.8 Å². The molecule has 0 aromatic carbocycles. The van der Waals surface area contributed by atoms with Crippen molar-refractivity contribution < 1.29 is 19.1 Å². The van der Waals surface area contributed by atoms with Gasteiger partial charge in [0.15, 0.2) is 5.69 Å². The Morgan fingerprint density at radius 1 is 1.38 bits per heavy atom. The van der Waals surface area contributed by atoms with Gasteiger partial charge in [-0.15, -0.1) is 5.10 Å². The molecule has 1 aromatic rings. The summed E-state index contributed by atoms with van der Waals surface area (Å²) in [5.41, 5.74) is -0.00770. The number of imide groups is 1. The van der Waals surface area contributed by atoms with Crippen LogP contribution in [0.2, 0.25) is 0 Å². The maximum atomic E-state index is 11.6. The lowest BCUT2D eigenvalue weighted by Crippen LogP contribution is -2.41. The van der Waals surface area contributed by atoms with E-state index in [0.717, 1.165) is 11.1 Å². The predicted molar refractivity (Wildman–Crippen MR) is 72.4 cm³/mol. The van der Waals surface area contributed by atoms with Gasteiger partial charge in [-0.05, 0) is 12.3 Å². The molecule has 1 rings (SSSR count). The summed E-state index contributed by atoms with van der Waals surface area (Å²) >= 11 is 0. The predicted octanol–water partition coefficient (Wildman–Crippen LogP) is -0.0634. The van der Waals surface area contributed by atoms with Gasteiger partial charge >= 0.3 is 12.0 Å². The van der Waals surface area contributed by atoms with Gasteiger partial charge in [0.2, 0.25) is 5.91 Å². The Kier molecular flexibility index (Phi) is 6.31. The third-order valence-electron chi connectivity index (χ3n) is 2.50. The van der Waals surface area contributed by atoms with Crippen molar-refractivity contribution in [2.75, 3.05) is 13.7 Å². The number of ether oxygens (including phenoxy) is 1. The Labute approximate surface area is 122 Å². The number of nitrogens with one attached hydrogen (secondary N) is 2. The molecule has 9 heteroatoms. The number of carbonyl (C=O) groups excluding carboxylic acids is 3. The van der Waals surface area contributed by atoms with E-state index in [9.17, 15) is 14.4 Å². The number of esters is 1. The van der Waals surface area contributed by atoms with Gasteiger partial charge in [-0.25, -0.2) is 14.3 Å². The van der Waals surface area contributed by atoms with Gasteiger partial charge < -0.3 is 10.1 Å². The van der Waals surface area contributed by atoms with Crippen molar-refractivity contribution in [3.8, 4) is 0 Å². The standard InChI is InChI=1S/C12H19N5O4/c1-8(2)4-5-13-12(20)14-10(18)7-17-6-9(15-16-17)11(19)21-3/h6,8H,4-5,7H2,1-3H3,(H2,13,14,18,20). The van der Waals surface area contributed by atoms with E-state index in [1.54, 1.807) is 0 Å². The lowest BCUT2D eigenvalue weighted by molar-refractivity contribution is -0.120. The fraction of sp³-hybridized carbons (Fsp3) is 0.583. The molecule has 9 nitrogen and oxygen atoms in total. The number of hydrogen-bond donors (Lipinski definition) is 2. The maximum Gasteiger partial charge on any atom is 0.360 e. The number of methoxy groups -OCH3 is 1. The molecule has 1 heterocycles. The van der Waals surface area contributed by atoms with Gasteiger partial charge in [0.25, 0.3) is 0 Å². The third kappa shape index (κ3) is 6.02. The molecular formula is C12H19N5O4. The van der Waals surface area contributed by atoms with Crippen LogP contribution in [0.3, 0.4) is 0 Å². The summed E-state index contributed by atoms with van der Waals surface area (Å²) in [5, 5.41) is 11.9. The highest BCUT2D eigenvalue weighted by Crippen LogP contribution is 1.96.